The van der Waals surface area contributed by atoms with Crippen LogP contribution in [0.15, 0.2) is 18.2 Å². The van der Waals surface area contributed by atoms with E-state index in [1.807, 2.05) is 0 Å². The van der Waals surface area contributed by atoms with Gasteiger partial charge in [-0.2, -0.15) is 0 Å². The first-order valence-electron chi connectivity index (χ1n) is 3.78. The minimum Gasteiger partial charge on any atom is -0.495 e. The standard InChI is InChI=1S/C9H10ClFO2/c1-13-9-6(8(11)5-12)3-2-4-7(9)10/h2-4,8,12H,5H2,1H3. The molecule has 1 atom stereocenters. The van der Waals surface area contributed by atoms with E-state index in [1.54, 1.807) is 12.1 Å². The van der Waals surface area contributed by atoms with Crippen molar-refractivity contribution in [3.8, 4) is 5.75 Å². The Kier molecular flexibility index (Phi) is 3.51. The molecule has 72 valence electrons. The lowest BCUT2D eigenvalue weighted by molar-refractivity contribution is 0.176. The zero-order chi connectivity index (χ0) is 9.84. The molecule has 1 unspecified atom stereocenters. The predicted molar refractivity (Wildman–Crippen MR) is 48.9 cm³/mol. The summed E-state index contributed by atoms with van der Waals surface area (Å²) in [5, 5.41) is 8.97. The number of aliphatic hydroxyl groups excluding tert-OH is 1. The number of methoxy groups -OCH3 is 1. The Morgan fingerprint density at radius 3 is 2.85 bits per heavy atom. The minimum absolute atomic E-state index is 0.275. The molecule has 0 aromatic heterocycles. The molecule has 1 aromatic carbocycles. The topological polar surface area (TPSA) is 29.5 Å². The summed E-state index contributed by atoms with van der Waals surface area (Å²) in [6, 6.07) is 4.75. The summed E-state index contributed by atoms with van der Waals surface area (Å²) in [4.78, 5) is 0. The van der Waals surface area contributed by atoms with Gasteiger partial charge in [-0.15, -0.1) is 0 Å². The van der Waals surface area contributed by atoms with Crippen molar-refractivity contribution in [1.82, 2.24) is 0 Å². The molecule has 0 radical (unpaired) electrons. The quantitative estimate of drug-likeness (QED) is 0.819. The van der Waals surface area contributed by atoms with E-state index >= 15 is 0 Å². The highest BCUT2D eigenvalue weighted by Crippen LogP contribution is 2.33. The van der Waals surface area contributed by atoms with E-state index in [0.717, 1.165) is 0 Å². The molecule has 4 heteroatoms. The van der Waals surface area contributed by atoms with Crippen LogP contribution in [0, 0.1) is 0 Å². The summed E-state index contributed by atoms with van der Waals surface area (Å²) < 4.78 is 18.0. The predicted octanol–water partition coefficient (Wildman–Crippen LogP) is 2.35. The van der Waals surface area contributed by atoms with Crippen molar-refractivity contribution in [2.45, 2.75) is 6.17 Å². The van der Waals surface area contributed by atoms with Crippen molar-refractivity contribution >= 4 is 11.6 Å². The van der Waals surface area contributed by atoms with Crippen LogP contribution in [-0.2, 0) is 0 Å². The lowest BCUT2D eigenvalue weighted by Gasteiger charge is -2.11. The molecule has 1 aromatic rings. The van der Waals surface area contributed by atoms with Gasteiger partial charge in [0.1, 0.15) is 5.75 Å². The molecular weight excluding hydrogens is 195 g/mol. The number of halogens is 2. The molecule has 1 rings (SSSR count). The summed E-state index contributed by atoms with van der Waals surface area (Å²) in [6.45, 7) is -0.573. The van der Waals surface area contributed by atoms with Crippen molar-refractivity contribution < 1.29 is 14.2 Å². The van der Waals surface area contributed by atoms with Gasteiger partial charge in [0.25, 0.3) is 0 Å². The van der Waals surface area contributed by atoms with Crippen molar-refractivity contribution in [2.24, 2.45) is 0 Å². The lowest BCUT2D eigenvalue weighted by atomic mass is 10.1. The van der Waals surface area contributed by atoms with Gasteiger partial charge in [-0.05, 0) is 6.07 Å². The van der Waals surface area contributed by atoms with Gasteiger partial charge < -0.3 is 9.84 Å². The molecule has 0 spiro atoms. The zero-order valence-electron chi connectivity index (χ0n) is 7.13. The Morgan fingerprint density at radius 1 is 1.62 bits per heavy atom. The molecule has 0 saturated carbocycles. The number of alkyl halides is 1. The van der Waals surface area contributed by atoms with Crippen LogP contribution in [0.2, 0.25) is 5.02 Å². The van der Waals surface area contributed by atoms with Crippen LogP contribution >= 0.6 is 11.6 Å². The SMILES string of the molecule is COc1c(Cl)cccc1C(F)CO. The second-order valence-electron chi connectivity index (χ2n) is 2.51. The lowest BCUT2D eigenvalue weighted by Crippen LogP contribution is -2.00. The number of ether oxygens (including phenoxy) is 1. The Morgan fingerprint density at radius 2 is 2.31 bits per heavy atom. The van der Waals surface area contributed by atoms with E-state index in [-0.39, 0.29) is 11.3 Å². The number of hydrogen-bond acceptors (Lipinski definition) is 2. The molecular formula is C9H10ClFO2. The zero-order valence-corrected chi connectivity index (χ0v) is 7.88. The molecule has 0 heterocycles. The number of aliphatic hydroxyl groups is 1. The number of benzene rings is 1. The molecule has 0 aliphatic heterocycles. The largest absolute Gasteiger partial charge is 0.495 e. The van der Waals surface area contributed by atoms with E-state index in [1.165, 1.54) is 13.2 Å². The Bertz CT molecular complexity index is 291. The van der Waals surface area contributed by atoms with Crippen LogP contribution in [0.1, 0.15) is 11.7 Å². The fraction of sp³-hybridized carbons (Fsp3) is 0.333. The van der Waals surface area contributed by atoms with E-state index in [9.17, 15) is 4.39 Å². The third-order valence-electron chi connectivity index (χ3n) is 1.70. The Labute approximate surface area is 80.9 Å². The van der Waals surface area contributed by atoms with Crippen molar-refractivity contribution in [3.63, 3.8) is 0 Å². The maximum atomic E-state index is 13.1. The van der Waals surface area contributed by atoms with E-state index in [4.69, 9.17) is 21.4 Å². The van der Waals surface area contributed by atoms with Crippen LogP contribution in [0.4, 0.5) is 4.39 Å². The summed E-state index contributed by atoms with van der Waals surface area (Å²) in [5.41, 5.74) is 0.275. The second-order valence-corrected chi connectivity index (χ2v) is 2.92. The van der Waals surface area contributed by atoms with Gasteiger partial charge in [0.2, 0.25) is 0 Å². The van der Waals surface area contributed by atoms with Crippen LogP contribution in [0.5, 0.6) is 5.75 Å². The van der Waals surface area contributed by atoms with Crippen molar-refractivity contribution in [1.29, 1.82) is 0 Å². The Balaban J connectivity index is 3.12. The third-order valence-corrected chi connectivity index (χ3v) is 2.00. The van der Waals surface area contributed by atoms with Gasteiger partial charge in [-0.3, -0.25) is 0 Å². The molecule has 0 aliphatic carbocycles. The van der Waals surface area contributed by atoms with Gasteiger partial charge >= 0.3 is 0 Å². The molecule has 0 aliphatic rings. The molecule has 0 fully saturated rings. The first-order valence-corrected chi connectivity index (χ1v) is 4.15. The van der Waals surface area contributed by atoms with Gasteiger partial charge in [-0.25, -0.2) is 4.39 Å². The number of rotatable bonds is 3. The molecule has 2 nitrogen and oxygen atoms in total. The highest BCUT2D eigenvalue weighted by molar-refractivity contribution is 6.32. The van der Waals surface area contributed by atoms with Crippen molar-refractivity contribution in [3.05, 3.63) is 28.8 Å². The minimum atomic E-state index is -1.45. The Hall–Kier alpha value is -0.800. The van der Waals surface area contributed by atoms with Gasteiger partial charge in [-0.1, -0.05) is 23.7 Å². The maximum absolute atomic E-state index is 13.1. The monoisotopic (exact) mass is 204 g/mol. The molecule has 0 bridgehead atoms. The number of para-hydroxylation sites is 1. The van der Waals surface area contributed by atoms with E-state index in [2.05, 4.69) is 0 Å². The van der Waals surface area contributed by atoms with Crippen molar-refractivity contribution in [2.75, 3.05) is 13.7 Å². The summed E-state index contributed by atoms with van der Waals surface area (Å²) in [6.07, 6.45) is -1.45. The molecule has 1 N–H and O–H groups in total. The molecule has 0 amide bonds. The fourth-order valence-corrected chi connectivity index (χ4v) is 1.34. The van der Waals surface area contributed by atoms with Crippen LogP contribution < -0.4 is 4.74 Å². The van der Waals surface area contributed by atoms with Gasteiger partial charge in [0.15, 0.2) is 6.17 Å². The summed E-state index contributed by atoms with van der Waals surface area (Å²) in [7, 11) is 1.41. The normalized spacial score (nSPS) is 12.6. The van der Waals surface area contributed by atoms with Crippen LogP contribution in [0.25, 0.3) is 0 Å². The maximum Gasteiger partial charge on any atom is 0.152 e. The number of hydrogen-bond donors (Lipinski definition) is 1. The first kappa shape index (κ1) is 10.3. The highest BCUT2D eigenvalue weighted by atomic mass is 35.5. The highest BCUT2D eigenvalue weighted by Gasteiger charge is 2.15. The molecule has 0 saturated heterocycles. The van der Waals surface area contributed by atoms with Gasteiger partial charge in [0, 0.05) is 5.56 Å². The fourth-order valence-electron chi connectivity index (χ4n) is 1.09. The molecule has 13 heavy (non-hydrogen) atoms. The average molecular weight is 205 g/mol. The smallest absolute Gasteiger partial charge is 0.152 e. The third kappa shape index (κ3) is 2.11. The summed E-state index contributed by atoms with van der Waals surface area (Å²) >= 11 is 5.76. The first-order chi connectivity index (χ1) is 6.20. The van der Waals surface area contributed by atoms with Crippen LogP contribution in [0.3, 0.4) is 0 Å². The summed E-state index contributed by atoms with van der Waals surface area (Å²) in [5.74, 6) is 0.283. The van der Waals surface area contributed by atoms with E-state index < -0.39 is 12.8 Å². The average Bonchev–Trinajstić information content (AvgIpc) is 2.16. The second kappa shape index (κ2) is 4.44. The van der Waals surface area contributed by atoms with E-state index in [0.29, 0.717) is 5.02 Å². The van der Waals surface area contributed by atoms with Crippen LogP contribution in [-0.4, -0.2) is 18.8 Å². The van der Waals surface area contributed by atoms with Gasteiger partial charge in [0.05, 0.1) is 18.7 Å².